The first-order chi connectivity index (χ1) is 14.8. The Balaban J connectivity index is 1.64. The predicted molar refractivity (Wildman–Crippen MR) is 118 cm³/mol. The fourth-order valence-electron chi connectivity index (χ4n) is 3.19. The standard InChI is InChI=1S/C23H20FN3O3S/c1-14(2)31(29,30)21-6-4-3-5-18(21)23(28)25-17-11-12-19-20(13-17)27-22(26-19)15-7-9-16(24)10-8-15/h3-14H,1-2H3,(H,25,28)(H,26,27). The Morgan fingerprint density at radius 1 is 1.03 bits per heavy atom. The van der Waals surface area contributed by atoms with Gasteiger partial charge in [-0.15, -0.1) is 0 Å². The highest BCUT2D eigenvalue weighted by molar-refractivity contribution is 7.92. The molecule has 0 fully saturated rings. The Kier molecular flexibility index (Phi) is 5.32. The summed E-state index contributed by atoms with van der Waals surface area (Å²) in [6.45, 7) is 3.16. The van der Waals surface area contributed by atoms with Crippen LogP contribution in [-0.4, -0.2) is 29.5 Å². The van der Waals surface area contributed by atoms with E-state index in [0.717, 1.165) is 5.56 Å². The van der Waals surface area contributed by atoms with Crippen LogP contribution in [0.4, 0.5) is 10.1 Å². The number of carbonyl (C=O) groups excluding carboxylic acids is 1. The second kappa shape index (κ2) is 7.96. The minimum Gasteiger partial charge on any atom is -0.338 e. The number of carbonyl (C=O) groups is 1. The van der Waals surface area contributed by atoms with Crippen LogP contribution in [0.2, 0.25) is 0 Å². The van der Waals surface area contributed by atoms with E-state index in [0.29, 0.717) is 22.5 Å². The van der Waals surface area contributed by atoms with Gasteiger partial charge >= 0.3 is 0 Å². The molecule has 0 aliphatic heterocycles. The van der Waals surface area contributed by atoms with Crippen molar-refractivity contribution < 1.29 is 17.6 Å². The molecule has 0 radical (unpaired) electrons. The molecule has 158 valence electrons. The minimum absolute atomic E-state index is 0.00344. The number of amides is 1. The van der Waals surface area contributed by atoms with Crippen molar-refractivity contribution >= 4 is 32.5 Å². The minimum atomic E-state index is -3.61. The van der Waals surface area contributed by atoms with Crippen LogP contribution in [0.25, 0.3) is 22.4 Å². The number of fused-ring (bicyclic) bond motifs is 1. The molecule has 31 heavy (non-hydrogen) atoms. The third kappa shape index (κ3) is 4.06. The van der Waals surface area contributed by atoms with Gasteiger partial charge in [-0.05, 0) is 68.4 Å². The monoisotopic (exact) mass is 437 g/mol. The highest BCUT2D eigenvalue weighted by Gasteiger charge is 2.25. The highest BCUT2D eigenvalue weighted by atomic mass is 32.2. The van der Waals surface area contributed by atoms with Crippen molar-refractivity contribution in [3.05, 3.63) is 78.1 Å². The molecule has 1 heterocycles. The topological polar surface area (TPSA) is 91.9 Å². The van der Waals surface area contributed by atoms with Crippen molar-refractivity contribution in [1.82, 2.24) is 9.97 Å². The second-order valence-corrected chi connectivity index (χ2v) is 9.84. The molecule has 0 bridgehead atoms. The molecule has 0 saturated carbocycles. The van der Waals surface area contributed by atoms with E-state index in [1.807, 2.05) is 0 Å². The second-order valence-electron chi connectivity index (χ2n) is 7.37. The molecule has 8 heteroatoms. The summed E-state index contributed by atoms with van der Waals surface area (Å²) in [4.78, 5) is 20.5. The van der Waals surface area contributed by atoms with E-state index in [1.165, 1.54) is 24.3 Å². The Morgan fingerprint density at radius 2 is 1.74 bits per heavy atom. The molecule has 1 amide bonds. The van der Waals surface area contributed by atoms with E-state index in [9.17, 15) is 17.6 Å². The van der Waals surface area contributed by atoms with E-state index in [1.54, 1.807) is 56.3 Å². The van der Waals surface area contributed by atoms with Crippen LogP contribution in [0.3, 0.4) is 0 Å². The first-order valence-corrected chi connectivity index (χ1v) is 11.2. The van der Waals surface area contributed by atoms with Crippen molar-refractivity contribution in [2.24, 2.45) is 0 Å². The van der Waals surface area contributed by atoms with Crippen LogP contribution >= 0.6 is 0 Å². The number of H-pyrrole nitrogens is 1. The number of rotatable bonds is 5. The molecule has 4 rings (SSSR count). The van der Waals surface area contributed by atoms with Gasteiger partial charge in [0.15, 0.2) is 9.84 Å². The molecule has 4 aromatic rings. The Labute approximate surface area is 179 Å². The van der Waals surface area contributed by atoms with Crippen molar-refractivity contribution in [2.75, 3.05) is 5.32 Å². The van der Waals surface area contributed by atoms with Crippen LogP contribution in [0.15, 0.2) is 71.6 Å². The van der Waals surface area contributed by atoms with E-state index < -0.39 is 21.0 Å². The lowest BCUT2D eigenvalue weighted by molar-refractivity contribution is 0.102. The Hall–Kier alpha value is -3.52. The van der Waals surface area contributed by atoms with Crippen LogP contribution in [0.5, 0.6) is 0 Å². The van der Waals surface area contributed by atoms with Gasteiger partial charge in [0, 0.05) is 11.3 Å². The molecule has 3 aromatic carbocycles. The average Bonchev–Trinajstić information content (AvgIpc) is 3.17. The number of aromatic nitrogens is 2. The summed E-state index contributed by atoms with van der Waals surface area (Å²) in [5, 5.41) is 2.11. The zero-order valence-corrected chi connectivity index (χ0v) is 17.7. The molecule has 0 saturated heterocycles. The number of benzene rings is 3. The summed E-state index contributed by atoms with van der Waals surface area (Å²) in [7, 11) is -3.61. The van der Waals surface area contributed by atoms with Gasteiger partial charge in [-0.1, -0.05) is 12.1 Å². The maximum Gasteiger partial charge on any atom is 0.256 e. The van der Waals surface area contributed by atoms with Crippen molar-refractivity contribution in [3.8, 4) is 11.4 Å². The smallest absolute Gasteiger partial charge is 0.256 e. The van der Waals surface area contributed by atoms with Gasteiger partial charge in [-0.2, -0.15) is 0 Å². The third-order valence-corrected chi connectivity index (χ3v) is 7.13. The number of nitrogens with zero attached hydrogens (tertiary/aromatic N) is 1. The molecular weight excluding hydrogens is 417 g/mol. The number of sulfone groups is 1. The number of anilines is 1. The lowest BCUT2D eigenvalue weighted by atomic mass is 10.2. The van der Waals surface area contributed by atoms with Crippen LogP contribution in [0.1, 0.15) is 24.2 Å². The summed E-state index contributed by atoms with van der Waals surface area (Å²) < 4.78 is 38.4. The number of hydrogen-bond donors (Lipinski definition) is 2. The van der Waals surface area contributed by atoms with Crippen LogP contribution in [0, 0.1) is 5.82 Å². The van der Waals surface area contributed by atoms with Gasteiger partial charge in [0.2, 0.25) is 0 Å². The van der Waals surface area contributed by atoms with Gasteiger partial charge < -0.3 is 10.3 Å². The highest BCUT2D eigenvalue weighted by Crippen LogP contribution is 2.25. The predicted octanol–water partition coefficient (Wildman–Crippen LogP) is 4.80. The van der Waals surface area contributed by atoms with Gasteiger partial charge in [0.25, 0.3) is 5.91 Å². The summed E-state index contributed by atoms with van der Waals surface area (Å²) >= 11 is 0. The maximum absolute atomic E-state index is 13.2. The van der Waals surface area contributed by atoms with Crippen molar-refractivity contribution in [2.45, 2.75) is 24.0 Å². The summed E-state index contributed by atoms with van der Waals surface area (Å²) in [6, 6.07) is 17.3. The lowest BCUT2D eigenvalue weighted by Gasteiger charge is -2.13. The molecule has 1 aromatic heterocycles. The lowest BCUT2D eigenvalue weighted by Crippen LogP contribution is -2.20. The number of aromatic amines is 1. The third-order valence-electron chi connectivity index (χ3n) is 4.92. The van der Waals surface area contributed by atoms with Crippen LogP contribution in [-0.2, 0) is 9.84 Å². The number of imidazole rings is 1. The van der Waals surface area contributed by atoms with Gasteiger partial charge in [-0.25, -0.2) is 17.8 Å². The molecule has 0 aliphatic rings. The number of nitrogens with one attached hydrogen (secondary N) is 2. The zero-order valence-electron chi connectivity index (χ0n) is 16.9. The average molecular weight is 437 g/mol. The summed E-state index contributed by atoms with van der Waals surface area (Å²) in [5.41, 5.74) is 2.67. The van der Waals surface area contributed by atoms with E-state index >= 15 is 0 Å². The van der Waals surface area contributed by atoms with Crippen molar-refractivity contribution in [1.29, 1.82) is 0 Å². The van der Waals surface area contributed by atoms with E-state index in [4.69, 9.17) is 0 Å². The first kappa shape index (κ1) is 20.7. The summed E-state index contributed by atoms with van der Waals surface area (Å²) in [5.74, 6) is -0.270. The van der Waals surface area contributed by atoms with Gasteiger partial charge in [0.05, 0.1) is 26.7 Å². The first-order valence-electron chi connectivity index (χ1n) is 9.65. The molecule has 6 nitrogen and oxygen atoms in total. The van der Waals surface area contributed by atoms with Gasteiger partial charge in [-0.3, -0.25) is 4.79 Å². The Bertz CT molecular complexity index is 1380. The van der Waals surface area contributed by atoms with E-state index in [2.05, 4.69) is 15.3 Å². The normalized spacial score (nSPS) is 11.7. The van der Waals surface area contributed by atoms with Gasteiger partial charge in [0.1, 0.15) is 11.6 Å². The molecule has 0 atom stereocenters. The largest absolute Gasteiger partial charge is 0.338 e. The fourth-order valence-corrected chi connectivity index (χ4v) is 4.43. The van der Waals surface area contributed by atoms with Crippen LogP contribution < -0.4 is 5.32 Å². The molecule has 0 unspecified atom stereocenters. The fraction of sp³-hybridized carbons (Fsp3) is 0.130. The van der Waals surface area contributed by atoms with Crippen molar-refractivity contribution in [3.63, 3.8) is 0 Å². The van der Waals surface area contributed by atoms with E-state index in [-0.39, 0.29) is 16.3 Å². The number of hydrogen-bond acceptors (Lipinski definition) is 4. The molecular formula is C23H20FN3O3S. The summed E-state index contributed by atoms with van der Waals surface area (Å²) in [6.07, 6.45) is 0. The Morgan fingerprint density at radius 3 is 2.45 bits per heavy atom. The maximum atomic E-state index is 13.2. The molecule has 0 aliphatic carbocycles. The quantitative estimate of drug-likeness (QED) is 0.469. The number of halogens is 1. The SMILES string of the molecule is CC(C)S(=O)(=O)c1ccccc1C(=O)Nc1ccc2nc(-c3ccc(F)cc3)[nH]c2c1. The molecule has 2 N–H and O–H groups in total. The zero-order chi connectivity index (χ0) is 22.2. The molecule has 0 spiro atoms.